The predicted molar refractivity (Wildman–Crippen MR) is 75.3 cm³/mol. The van der Waals surface area contributed by atoms with Crippen molar-refractivity contribution < 1.29 is 0 Å². The van der Waals surface area contributed by atoms with Gasteiger partial charge in [0.25, 0.3) is 0 Å². The molecule has 6 heteroatoms. The number of rotatable bonds is 4. The topological polar surface area (TPSA) is 74.6 Å². The third-order valence-electron chi connectivity index (χ3n) is 3.15. The van der Waals surface area contributed by atoms with Crippen LogP contribution in [0.15, 0.2) is 48.9 Å². The largest absolute Gasteiger partial charge is 0.319 e. The van der Waals surface area contributed by atoms with E-state index in [9.17, 15) is 0 Å². The minimum atomic E-state index is -0.312. The fourth-order valence-electron chi connectivity index (χ4n) is 1.99. The zero-order valence-corrected chi connectivity index (χ0v) is 11.2. The van der Waals surface area contributed by atoms with Gasteiger partial charge in [-0.1, -0.05) is 18.2 Å². The first kappa shape index (κ1) is 12.6. The Kier molecular flexibility index (Phi) is 3.30. The molecule has 6 nitrogen and oxygen atoms in total. The normalized spacial score (nSPS) is 12.5. The van der Waals surface area contributed by atoms with Gasteiger partial charge in [0.05, 0.1) is 24.1 Å². The summed E-state index contributed by atoms with van der Waals surface area (Å²) in [4.78, 5) is 1.58. The van der Waals surface area contributed by atoms with Crippen LogP contribution in [0.25, 0.3) is 5.69 Å². The molecule has 0 saturated heterocycles. The molecule has 0 bridgehead atoms. The molecule has 2 heterocycles. The summed E-state index contributed by atoms with van der Waals surface area (Å²) in [6, 6.07) is 9.44. The van der Waals surface area contributed by atoms with Crippen molar-refractivity contribution in [2.24, 2.45) is 5.73 Å². The lowest BCUT2D eigenvalue weighted by atomic mass is 10.1. The highest BCUT2D eigenvalue weighted by Gasteiger charge is 2.15. The quantitative estimate of drug-likeness (QED) is 0.778. The maximum Gasteiger partial charge on any atom is 0.104 e. The minimum absolute atomic E-state index is 0.312. The molecule has 0 aliphatic heterocycles. The minimum Gasteiger partial charge on any atom is -0.319 e. The Labute approximate surface area is 116 Å². The van der Waals surface area contributed by atoms with Crippen LogP contribution in [0.3, 0.4) is 0 Å². The van der Waals surface area contributed by atoms with Gasteiger partial charge in [-0.15, -0.1) is 0 Å². The predicted octanol–water partition coefficient (Wildman–Crippen LogP) is 1.53. The van der Waals surface area contributed by atoms with Crippen LogP contribution in [0.1, 0.15) is 24.2 Å². The highest BCUT2D eigenvalue weighted by molar-refractivity contribution is 5.29. The number of hydrogen-bond donors (Lipinski definition) is 1. The molecule has 0 aliphatic carbocycles. The standard InChI is InChI=1S/C14H16N6/c1-2-19-10-11(8-16-19)14(15)13-9-17-20(18-13)12-6-4-3-5-7-12/h3-10,14H,2,15H2,1H3. The lowest BCUT2D eigenvalue weighted by molar-refractivity contribution is 0.658. The van der Waals surface area contributed by atoms with Gasteiger partial charge in [0.2, 0.25) is 0 Å². The highest BCUT2D eigenvalue weighted by Crippen LogP contribution is 2.17. The Morgan fingerprint density at radius 2 is 1.95 bits per heavy atom. The van der Waals surface area contributed by atoms with Gasteiger partial charge in [-0.25, -0.2) is 0 Å². The van der Waals surface area contributed by atoms with Crippen molar-refractivity contribution in [1.29, 1.82) is 0 Å². The van der Waals surface area contributed by atoms with Crippen molar-refractivity contribution in [2.45, 2.75) is 19.5 Å². The summed E-state index contributed by atoms with van der Waals surface area (Å²) in [5, 5.41) is 12.9. The molecule has 0 saturated carbocycles. The summed E-state index contributed by atoms with van der Waals surface area (Å²) in [6.07, 6.45) is 5.41. The second-order valence-corrected chi connectivity index (χ2v) is 4.50. The Hall–Kier alpha value is -2.47. The summed E-state index contributed by atoms with van der Waals surface area (Å²) in [5.41, 5.74) is 8.78. The Bertz CT molecular complexity index is 685. The van der Waals surface area contributed by atoms with E-state index < -0.39 is 0 Å². The average molecular weight is 268 g/mol. The first-order valence-electron chi connectivity index (χ1n) is 6.53. The zero-order chi connectivity index (χ0) is 13.9. The van der Waals surface area contributed by atoms with Crippen molar-refractivity contribution in [3.05, 3.63) is 60.2 Å². The molecule has 0 aliphatic rings. The van der Waals surface area contributed by atoms with E-state index in [0.717, 1.165) is 23.5 Å². The van der Waals surface area contributed by atoms with E-state index >= 15 is 0 Å². The van der Waals surface area contributed by atoms with Gasteiger partial charge in [0.1, 0.15) is 5.69 Å². The molecular formula is C14H16N6. The molecule has 0 spiro atoms. The molecule has 20 heavy (non-hydrogen) atoms. The molecule has 0 amide bonds. The van der Waals surface area contributed by atoms with Gasteiger partial charge in [-0.2, -0.15) is 20.1 Å². The molecule has 3 rings (SSSR count). The van der Waals surface area contributed by atoms with E-state index in [1.807, 2.05) is 48.1 Å². The maximum absolute atomic E-state index is 6.21. The highest BCUT2D eigenvalue weighted by atomic mass is 15.5. The molecular weight excluding hydrogens is 252 g/mol. The summed E-state index contributed by atoms with van der Waals surface area (Å²) in [7, 11) is 0. The number of aryl methyl sites for hydroxylation is 1. The molecule has 0 radical (unpaired) electrons. The van der Waals surface area contributed by atoms with Gasteiger partial charge < -0.3 is 5.73 Å². The van der Waals surface area contributed by atoms with Crippen LogP contribution in [-0.2, 0) is 6.54 Å². The van der Waals surface area contributed by atoms with Crippen LogP contribution in [0.2, 0.25) is 0 Å². The van der Waals surface area contributed by atoms with Crippen molar-refractivity contribution in [1.82, 2.24) is 24.8 Å². The molecule has 2 N–H and O–H groups in total. The molecule has 2 aromatic heterocycles. The van der Waals surface area contributed by atoms with E-state index in [1.54, 1.807) is 17.2 Å². The smallest absolute Gasteiger partial charge is 0.104 e. The van der Waals surface area contributed by atoms with Crippen LogP contribution >= 0.6 is 0 Å². The number of benzene rings is 1. The van der Waals surface area contributed by atoms with E-state index in [2.05, 4.69) is 15.3 Å². The van der Waals surface area contributed by atoms with Crippen LogP contribution < -0.4 is 5.73 Å². The molecule has 1 atom stereocenters. The summed E-state index contributed by atoms with van der Waals surface area (Å²) >= 11 is 0. The number of hydrogen-bond acceptors (Lipinski definition) is 4. The van der Waals surface area contributed by atoms with Gasteiger partial charge >= 0.3 is 0 Å². The van der Waals surface area contributed by atoms with Crippen molar-refractivity contribution in [3.63, 3.8) is 0 Å². The van der Waals surface area contributed by atoms with Crippen LogP contribution in [0.5, 0.6) is 0 Å². The average Bonchev–Trinajstić information content (AvgIpc) is 3.17. The lowest BCUT2D eigenvalue weighted by Crippen LogP contribution is -2.12. The number of para-hydroxylation sites is 1. The van der Waals surface area contributed by atoms with Crippen LogP contribution in [0, 0.1) is 0 Å². The van der Waals surface area contributed by atoms with Crippen molar-refractivity contribution >= 4 is 0 Å². The molecule has 102 valence electrons. The summed E-state index contributed by atoms with van der Waals surface area (Å²) in [6.45, 7) is 2.86. The number of nitrogens with zero attached hydrogens (tertiary/aromatic N) is 5. The van der Waals surface area contributed by atoms with Gasteiger partial charge in [0, 0.05) is 18.3 Å². The van der Waals surface area contributed by atoms with Crippen LogP contribution in [0.4, 0.5) is 0 Å². The maximum atomic E-state index is 6.21. The van der Waals surface area contributed by atoms with E-state index in [0.29, 0.717) is 0 Å². The SMILES string of the molecule is CCn1cc(C(N)c2cnn(-c3ccccc3)n2)cn1. The summed E-state index contributed by atoms with van der Waals surface area (Å²) < 4.78 is 1.84. The fourth-order valence-corrected chi connectivity index (χ4v) is 1.99. The van der Waals surface area contributed by atoms with Crippen LogP contribution in [-0.4, -0.2) is 24.8 Å². The second-order valence-electron chi connectivity index (χ2n) is 4.50. The van der Waals surface area contributed by atoms with Crippen molar-refractivity contribution in [2.75, 3.05) is 0 Å². The van der Waals surface area contributed by atoms with Gasteiger partial charge in [0.15, 0.2) is 0 Å². The third-order valence-corrected chi connectivity index (χ3v) is 3.15. The first-order valence-corrected chi connectivity index (χ1v) is 6.53. The number of nitrogens with two attached hydrogens (primary N) is 1. The molecule has 0 fully saturated rings. The van der Waals surface area contributed by atoms with E-state index in [4.69, 9.17) is 5.73 Å². The fraction of sp³-hybridized carbons (Fsp3) is 0.214. The summed E-state index contributed by atoms with van der Waals surface area (Å²) in [5.74, 6) is 0. The monoisotopic (exact) mass is 268 g/mol. The van der Waals surface area contributed by atoms with E-state index in [1.165, 1.54) is 0 Å². The Balaban J connectivity index is 1.86. The lowest BCUT2D eigenvalue weighted by Gasteiger charge is -2.04. The van der Waals surface area contributed by atoms with Gasteiger partial charge in [-0.05, 0) is 19.1 Å². The number of aromatic nitrogens is 5. The molecule has 1 unspecified atom stereocenters. The Morgan fingerprint density at radius 1 is 1.15 bits per heavy atom. The Morgan fingerprint density at radius 3 is 2.65 bits per heavy atom. The zero-order valence-electron chi connectivity index (χ0n) is 11.2. The first-order chi connectivity index (χ1) is 9.78. The third kappa shape index (κ3) is 2.33. The molecule has 3 aromatic rings. The molecule has 1 aromatic carbocycles. The van der Waals surface area contributed by atoms with Gasteiger partial charge in [-0.3, -0.25) is 4.68 Å². The van der Waals surface area contributed by atoms with Crippen molar-refractivity contribution in [3.8, 4) is 5.69 Å². The van der Waals surface area contributed by atoms with E-state index in [-0.39, 0.29) is 6.04 Å². The second kappa shape index (κ2) is 5.26.